The first-order valence-electron chi connectivity index (χ1n) is 8.63. The van der Waals surface area contributed by atoms with Crippen LogP contribution in [0.5, 0.6) is 0 Å². The number of hydrogen-bond donors (Lipinski definition) is 1. The molecule has 0 bridgehead atoms. The minimum absolute atomic E-state index is 0.0605. The Balaban J connectivity index is 2.14. The Morgan fingerprint density at radius 1 is 1.46 bits per heavy atom. The number of benzene rings is 1. The Labute approximate surface area is 142 Å². The molecule has 2 N–H and O–H groups in total. The number of halogens is 1. The molecule has 0 saturated carbocycles. The summed E-state index contributed by atoms with van der Waals surface area (Å²) in [6, 6.07) is 1.41. The van der Waals surface area contributed by atoms with Crippen LogP contribution >= 0.6 is 0 Å². The predicted molar refractivity (Wildman–Crippen MR) is 93.8 cm³/mol. The summed E-state index contributed by atoms with van der Waals surface area (Å²) in [5.41, 5.74) is 11.0. The highest BCUT2D eigenvalue weighted by molar-refractivity contribution is 5.97. The first kappa shape index (κ1) is 17.0. The molecule has 130 valence electrons. The summed E-state index contributed by atoms with van der Waals surface area (Å²) in [6.07, 6.45) is 2.59. The van der Waals surface area contributed by atoms with Crippen LogP contribution in [0.2, 0.25) is 0 Å². The third-order valence-electron chi connectivity index (χ3n) is 5.09. The number of ether oxygens (including phenoxy) is 1. The molecule has 1 saturated heterocycles. The standard InChI is InChI=1S/C19H25FN2O2/c1-4-24-19(23)15-9-16(20)18(22-7-5-6-13(21)10-22)17-12(3)11(2)8-14(15)17/h9,13H,4-8,10,21H2,1-3H3/t13-/m0/s1. The van der Waals surface area contributed by atoms with Gasteiger partial charge in [-0.3, -0.25) is 0 Å². The van der Waals surface area contributed by atoms with Gasteiger partial charge in [-0.05, 0) is 57.2 Å². The molecule has 2 aliphatic rings. The first-order chi connectivity index (χ1) is 11.4. The summed E-state index contributed by atoms with van der Waals surface area (Å²) in [6.45, 7) is 7.52. The summed E-state index contributed by atoms with van der Waals surface area (Å²) >= 11 is 0. The number of nitrogens with zero attached hydrogens (tertiary/aromatic N) is 1. The van der Waals surface area contributed by atoms with E-state index in [1.165, 1.54) is 11.6 Å². The van der Waals surface area contributed by atoms with Crippen LogP contribution in [0.15, 0.2) is 11.6 Å². The van der Waals surface area contributed by atoms with Crippen molar-refractivity contribution < 1.29 is 13.9 Å². The quantitative estimate of drug-likeness (QED) is 0.863. The van der Waals surface area contributed by atoms with Gasteiger partial charge in [0.05, 0.1) is 17.9 Å². The molecule has 1 aromatic rings. The number of nitrogens with two attached hydrogens (primary N) is 1. The van der Waals surface area contributed by atoms with E-state index in [9.17, 15) is 4.79 Å². The molecule has 3 rings (SSSR count). The minimum atomic E-state index is -0.447. The zero-order valence-corrected chi connectivity index (χ0v) is 14.6. The molecule has 5 heteroatoms. The van der Waals surface area contributed by atoms with Gasteiger partial charge in [0, 0.05) is 24.7 Å². The summed E-state index contributed by atoms with van der Waals surface area (Å²) < 4.78 is 20.1. The number of allylic oxidation sites excluding steroid dienone is 2. The molecular weight excluding hydrogens is 307 g/mol. The normalized spacial score (nSPS) is 20.4. The van der Waals surface area contributed by atoms with Gasteiger partial charge in [0.25, 0.3) is 0 Å². The Morgan fingerprint density at radius 3 is 2.88 bits per heavy atom. The molecule has 1 atom stereocenters. The molecule has 1 fully saturated rings. The number of piperidine rings is 1. The second kappa shape index (κ2) is 6.55. The zero-order valence-electron chi connectivity index (χ0n) is 14.6. The lowest BCUT2D eigenvalue weighted by molar-refractivity contribution is 0.0524. The lowest BCUT2D eigenvalue weighted by Crippen LogP contribution is -2.43. The second-order valence-electron chi connectivity index (χ2n) is 6.76. The fraction of sp³-hybridized carbons (Fsp3) is 0.526. The van der Waals surface area contributed by atoms with Crippen molar-refractivity contribution in [2.45, 2.75) is 46.1 Å². The van der Waals surface area contributed by atoms with Crippen LogP contribution in [0.25, 0.3) is 5.57 Å². The largest absolute Gasteiger partial charge is 0.462 e. The van der Waals surface area contributed by atoms with E-state index in [0.717, 1.165) is 36.1 Å². The summed E-state index contributed by atoms with van der Waals surface area (Å²) in [4.78, 5) is 14.3. The Kier molecular flexibility index (Phi) is 4.63. The van der Waals surface area contributed by atoms with E-state index in [1.807, 2.05) is 18.7 Å². The fourth-order valence-electron chi connectivity index (χ4n) is 3.79. The third kappa shape index (κ3) is 2.81. The molecule has 0 spiro atoms. The molecule has 1 aromatic carbocycles. The van der Waals surface area contributed by atoms with Gasteiger partial charge in [0.2, 0.25) is 0 Å². The Hall–Kier alpha value is -1.88. The van der Waals surface area contributed by atoms with E-state index < -0.39 is 5.97 Å². The molecule has 4 nitrogen and oxygen atoms in total. The van der Waals surface area contributed by atoms with Crippen molar-refractivity contribution in [2.24, 2.45) is 5.73 Å². The van der Waals surface area contributed by atoms with Gasteiger partial charge in [-0.2, -0.15) is 0 Å². The van der Waals surface area contributed by atoms with Crippen molar-refractivity contribution in [1.29, 1.82) is 0 Å². The molecule has 0 radical (unpaired) electrons. The maximum atomic E-state index is 15.0. The van der Waals surface area contributed by atoms with Crippen molar-refractivity contribution in [3.8, 4) is 0 Å². The van der Waals surface area contributed by atoms with Crippen molar-refractivity contribution in [3.05, 3.63) is 34.1 Å². The van der Waals surface area contributed by atoms with Crippen LogP contribution in [0.4, 0.5) is 10.1 Å². The third-order valence-corrected chi connectivity index (χ3v) is 5.09. The topological polar surface area (TPSA) is 55.6 Å². The van der Waals surface area contributed by atoms with Crippen molar-refractivity contribution in [3.63, 3.8) is 0 Å². The maximum absolute atomic E-state index is 15.0. The molecule has 1 aliphatic carbocycles. The Morgan fingerprint density at radius 2 is 2.21 bits per heavy atom. The lowest BCUT2D eigenvalue weighted by Gasteiger charge is -2.34. The average molecular weight is 332 g/mol. The summed E-state index contributed by atoms with van der Waals surface area (Å²) in [5, 5.41) is 0. The van der Waals surface area contributed by atoms with Crippen LogP contribution in [0, 0.1) is 5.82 Å². The van der Waals surface area contributed by atoms with E-state index >= 15 is 4.39 Å². The molecule has 1 heterocycles. The number of carbonyl (C=O) groups is 1. The minimum Gasteiger partial charge on any atom is -0.462 e. The van der Waals surface area contributed by atoms with Crippen LogP contribution in [-0.2, 0) is 11.2 Å². The van der Waals surface area contributed by atoms with Gasteiger partial charge >= 0.3 is 5.97 Å². The van der Waals surface area contributed by atoms with Crippen molar-refractivity contribution >= 4 is 17.2 Å². The van der Waals surface area contributed by atoms with Gasteiger partial charge in [-0.25, -0.2) is 9.18 Å². The zero-order chi connectivity index (χ0) is 17.4. The van der Waals surface area contributed by atoms with E-state index in [1.54, 1.807) is 6.92 Å². The highest BCUT2D eigenvalue weighted by Crippen LogP contribution is 2.43. The van der Waals surface area contributed by atoms with Crippen LogP contribution < -0.4 is 10.6 Å². The second-order valence-corrected chi connectivity index (χ2v) is 6.76. The van der Waals surface area contributed by atoms with E-state index in [4.69, 9.17) is 10.5 Å². The number of anilines is 1. The number of fused-ring (bicyclic) bond motifs is 1. The molecule has 0 unspecified atom stereocenters. The number of rotatable bonds is 3. The average Bonchev–Trinajstić information content (AvgIpc) is 2.82. The van der Waals surface area contributed by atoms with Crippen LogP contribution in [0.3, 0.4) is 0 Å². The van der Waals surface area contributed by atoms with Gasteiger partial charge < -0.3 is 15.4 Å². The monoisotopic (exact) mass is 332 g/mol. The van der Waals surface area contributed by atoms with Crippen LogP contribution in [-0.4, -0.2) is 31.7 Å². The number of carbonyl (C=O) groups excluding carboxylic acids is 1. The fourth-order valence-corrected chi connectivity index (χ4v) is 3.79. The Bertz CT molecular complexity index is 712. The summed E-state index contributed by atoms with van der Waals surface area (Å²) in [5.74, 6) is -0.808. The molecular formula is C19H25FN2O2. The predicted octanol–water partition coefficient (Wildman–Crippen LogP) is 3.28. The van der Waals surface area contributed by atoms with Gasteiger partial charge in [-0.15, -0.1) is 0 Å². The van der Waals surface area contributed by atoms with Crippen molar-refractivity contribution in [2.75, 3.05) is 24.6 Å². The lowest BCUT2D eigenvalue weighted by atomic mass is 9.95. The van der Waals surface area contributed by atoms with Gasteiger partial charge in [0.1, 0.15) is 5.82 Å². The number of hydrogen-bond acceptors (Lipinski definition) is 4. The van der Waals surface area contributed by atoms with Crippen LogP contribution in [0.1, 0.15) is 55.1 Å². The van der Waals surface area contributed by atoms with E-state index in [-0.39, 0.29) is 18.5 Å². The summed E-state index contributed by atoms with van der Waals surface area (Å²) in [7, 11) is 0. The van der Waals surface area contributed by atoms with E-state index in [0.29, 0.717) is 24.2 Å². The smallest absolute Gasteiger partial charge is 0.338 e. The van der Waals surface area contributed by atoms with Gasteiger partial charge in [0.15, 0.2) is 0 Å². The molecule has 0 aromatic heterocycles. The van der Waals surface area contributed by atoms with Crippen molar-refractivity contribution in [1.82, 2.24) is 0 Å². The highest BCUT2D eigenvalue weighted by atomic mass is 19.1. The molecule has 0 amide bonds. The molecule has 1 aliphatic heterocycles. The molecule has 24 heavy (non-hydrogen) atoms. The maximum Gasteiger partial charge on any atom is 0.338 e. The van der Waals surface area contributed by atoms with E-state index in [2.05, 4.69) is 0 Å². The van der Waals surface area contributed by atoms with Gasteiger partial charge in [-0.1, -0.05) is 5.57 Å². The number of esters is 1. The first-order valence-corrected chi connectivity index (χ1v) is 8.63. The SMILES string of the molecule is CCOC(=O)c1cc(F)c(N2CCC[C@H](N)C2)c2c1CC(C)=C2C. The highest BCUT2D eigenvalue weighted by Gasteiger charge is 2.31.